The second-order valence-corrected chi connectivity index (χ2v) is 3.89. The smallest absolute Gasteiger partial charge is 0.418 e. The van der Waals surface area contributed by atoms with Crippen molar-refractivity contribution in [1.82, 2.24) is 4.98 Å². The van der Waals surface area contributed by atoms with Crippen LogP contribution in [-0.2, 0) is 10.9 Å². The molecule has 100 valence electrons. The van der Waals surface area contributed by atoms with Gasteiger partial charge < -0.3 is 4.74 Å². The van der Waals surface area contributed by atoms with E-state index in [1.165, 1.54) is 0 Å². The Morgan fingerprint density at radius 1 is 1.44 bits per heavy atom. The Bertz CT molecular complexity index is 475. The number of pyridine rings is 1. The normalized spacial score (nSPS) is 11.8. The predicted molar refractivity (Wildman–Crippen MR) is 53.2 cm³/mol. The predicted octanol–water partition coefficient (Wildman–Crippen LogP) is 3.59. The fourth-order valence-corrected chi connectivity index (χ4v) is 1.78. The molecule has 9 heteroatoms. The molecular weight excluding hydrogens is 329 g/mol. The molecule has 3 nitrogen and oxygen atoms in total. The lowest BCUT2D eigenvalue weighted by Crippen LogP contribution is -2.19. The molecule has 0 bridgehead atoms. The van der Waals surface area contributed by atoms with E-state index in [2.05, 4.69) is 25.7 Å². The highest BCUT2D eigenvalue weighted by Gasteiger charge is 2.41. The van der Waals surface area contributed by atoms with Crippen molar-refractivity contribution in [2.45, 2.75) is 12.6 Å². The number of carbonyl (C=O) groups is 1. The minimum absolute atomic E-state index is 0.566. The van der Waals surface area contributed by atoms with E-state index < -0.39 is 39.9 Å². The maximum Gasteiger partial charge on any atom is 0.418 e. The van der Waals surface area contributed by atoms with Crippen LogP contribution >= 0.6 is 15.9 Å². The van der Waals surface area contributed by atoms with Gasteiger partial charge in [-0.05, 0) is 15.9 Å². The molecule has 1 aromatic heterocycles. The maximum atomic E-state index is 12.7. The van der Waals surface area contributed by atoms with Crippen LogP contribution in [0.15, 0.2) is 10.7 Å². The Balaban J connectivity index is 3.67. The van der Waals surface area contributed by atoms with Gasteiger partial charge >= 0.3 is 12.1 Å². The fraction of sp³-hybridized carbons (Fsp3) is 0.333. The number of hydrogen-bond acceptors (Lipinski definition) is 3. The summed E-state index contributed by atoms with van der Waals surface area (Å²) in [5, 5.41) is 0. The number of alkyl halides is 5. The number of ether oxygens (including phenoxy) is 1. The standard InChI is InChI=1S/C9H5BrF5NO2/c1-18-8(17)4-5(9(13,14)15)3(10)2-16-6(4)7(11)12/h2,7H,1H3. The molecule has 1 aromatic rings. The second-order valence-electron chi connectivity index (χ2n) is 3.03. The van der Waals surface area contributed by atoms with Crippen LogP contribution in [0.2, 0.25) is 0 Å². The van der Waals surface area contributed by atoms with E-state index in [0.29, 0.717) is 6.20 Å². The lowest BCUT2D eigenvalue weighted by atomic mass is 10.1. The van der Waals surface area contributed by atoms with Crippen LogP contribution in [0.1, 0.15) is 28.0 Å². The number of halogens is 6. The molecule has 0 saturated heterocycles. The topological polar surface area (TPSA) is 39.2 Å². The summed E-state index contributed by atoms with van der Waals surface area (Å²) in [6, 6.07) is 0. The minimum Gasteiger partial charge on any atom is -0.465 e. The highest BCUT2D eigenvalue weighted by Crippen LogP contribution is 2.40. The molecule has 0 aliphatic carbocycles. The number of esters is 1. The van der Waals surface area contributed by atoms with Gasteiger partial charge in [-0.1, -0.05) is 0 Å². The molecule has 0 saturated carbocycles. The molecule has 0 atom stereocenters. The van der Waals surface area contributed by atoms with Gasteiger partial charge in [-0.2, -0.15) is 13.2 Å². The maximum absolute atomic E-state index is 12.7. The van der Waals surface area contributed by atoms with Crippen LogP contribution in [0.5, 0.6) is 0 Å². The van der Waals surface area contributed by atoms with E-state index in [4.69, 9.17) is 0 Å². The van der Waals surface area contributed by atoms with Gasteiger partial charge in [0.05, 0.1) is 12.7 Å². The SMILES string of the molecule is COC(=O)c1c(C(F)F)ncc(Br)c1C(F)(F)F. The summed E-state index contributed by atoms with van der Waals surface area (Å²) in [7, 11) is 0.790. The third kappa shape index (κ3) is 2.77. The molecular formula is C9H5BrF5NO2. The number of carbonyl (C=O) groups excluding carboxylic acids is 1. The summed E-state index contributed by atoms with van der Waals surface area (Å²) >= 11 is 2.53. The van der Waals surface area contributed by atoms with Crippen molar-refractivity contribution in [2.75, 3.05) is 7.11 Å². The van der Waals surface area contributed by atoms with Crippen molar-refractivity contribution >= 4 is 21.9 Å². The summed E-state index contributed by atoms with van der Waals surface area (Å²) in [5.41, 5.74) is -4.08. The summed E-state index contributed by atoms with van der Waals surface area (Å²) in [4.78, 5) is 14.4. The van der Waals surface area contributed by atoms with Crippen molar-refractivity contribution in [3.8, 4) is 0 Å². The summed E-state index contributed by atoms with van der Waals surface area (Å²) < 4.78 is 66.8. The van der Waals surface area contributed by atoms with Crippen molar-refractivity contribution in [1.29, 1.82) is 0 Å². The lowest BCUT2D eigenvalue weighted by Gasteiger charge is -2.15. The van der Waals surface area contributed by atoms with Gasteiger partial charge in [0.25, 0.3) is 6.43 Å². The van der Waals surface area contributed by atoms with Crippen molar-refractivity contribution in [3.63, 3.8) is 0 Å². The molecule has 0 amide bonds. The monoisotopic (exact) mass is 333 g/mol. The molecule has 0 aliphatic rings. The average Bonchev–Trinajstić information content (AvgIpc) is 2.25. The Morgan fingerprint density at radius 2 is 2.00 bits per heavy atom. The first-order valence-electron chi connectivity index (χ1n) is 4.32. The minimum atomic E-state index is -4.99. The Morgan fingerprint density at radius 3 is 2.39 bits per heavy atom. The Hall–Kier alpha value is -1.25. The molecule has 0 spiro atoms. The molecule has 0 aliphatic heterocycles. The van der Waals surface area contributed by atoms with Crippen molar-refractivity contribution < 1.29 is 31.5 Å². The van der Waals surface area contributed by atoms with E-state index in [0.717, 1.165) is 7.11 Å². The van der Waals surface area contributed by atoms with Crippen LogP contribution in [0.3, 0.4) is 0 Å². The first-order valence-corrected chi connectivity index (χ1v) is 5.11. The fourth-order valence-electron chi connectivity index (χ4n) is 1.25. The van der Waals surface area contributed by atoms with Gasteiger partial charge in [0.2, 0.25) is 0 Å². The van der Waals surface area contributed by atoms with E-state index in [9.17, 15) is 26.7 Å². The zero-order valence-electron chi connectivity index (χ0n) is 8.69. The van der Waals surface area contributed by atoms with Crippen molar-refractivity contribution in [3.05, 3.63) is 27.5 Å². The molecule has 0 unspecified atom stereocenters. The van der Waals surface area contributed by atoms with Gasteiger partial charge in [-0.3, -0.25) is 4.98 Å². The van der Waals surface area contributed by atoms with E-state index >= 15 is 0 Å². The first kappa shape index (κ1) is 14.8. The third-order valence-electron chi connectivity index (χ3n) is 1.94. The van der Waals surface area contributed by atoms with Crippen LogP contribution < -0.4 is 0 Å². The third-order valence-corrected chi connectivity index (χ3v) is 2.54. The average molecular weight is 334 g/mol. The molecule has 1 rings (SSSR count). The number of rotatable bonds is 2. The van der Waals surface area contributed by atoms with Crippen LogP contribution in [-0.4, -0.2) is 18.1 Å². The molecule has 1 heterocycles. The summed E-state index contributed by atoms with van der Waals surface area (Å²) in [6.07, 6.45) is -7.75. The quantitative estimate of drug-likeness (QED) is 0.613. The number of aromatic nitrogens is 1. The molecule has 0 radical (unpaired) electrons. The van der Waals surface area contributed by atoms with E-state index in [-0.39, 0.29) is 0 Å². The second kappa shape index (κ2) is 5.17. The number of nitrogens with zero attached hydrogens (tertiary/aromatic N) is 1. The van der Waals surface area contributed by atoms with Crippen LogP contribution in [0.4, 0.5) is 22.0 Å². The zero-order valence-corrected chi connectivity index (χ0v) is 10.3. The summed E-state index contributed by atoms with van der Waals surface area (Å²) in [6.45, 7) is 0. The van der Waals surface area contributed by atoms with E-state index in [1.54, 1.807) is 0 Å². The lowest BCUT2D eigenvalue weighted by molar-refractivity contribution is -0.138. The first-order chi connectivity index (χ1) is 8.20. The molecule has 18 heavy (non-hydrogen) atoms. The summed E-state index contributed by atoms with van der Waals surface area (Å²) in [5.74, 6) is -1.52. The Kier molecular flexibility index (Phi) is 4.25. The van der Waals surface area contributed by atoms with Gasteiger partial charge in [0.15, 0.2) is 0 Å². The highest BCUT2D eigenvalue weighted by molar-refractivity contribution is 9.10. The van der Waals surface area contributed by atoms with Gasteiger partial charge in [0, 0.05) is 10.7 Å². The molecule has 0 fully saturated rings. The van der Waals surface area contributed by atoms with Crippen LogP contribution in [0, 0.1) is 0 Å². The number of hydrogen-bond donors (Lipinski definition) is 0. The van der Waals surface area contributed by atoms with E-state index in [1.807, 2.05) is 0 Å². The van der Waals surface area contributed by atoms with Gasteiger partial charge in [0.1, 0.15) is 11.3 Å². The highest BCUT2D eigenvalue weighted by atomic mass is 79.9. The van der Waals surface area contributed by atoms with Gasteiger partial charge in [-0.25, -0.2) is 13.6 Å². The van der Waals surface area contributed by atoms with Crippen LogP contribution in [0.25, 0.3) is 0 Å². The Labute approximate surface area is 106 Å². The van der Waals surface area contributed by atoms with Gasteiger partial charge in [-0.15, -0.1) is 0 Å². The number of methoxy groups -OCH3 is 1. The van der Waals surface area contributed by atoms with Crippen molar-refractivity contribution in [2.24, 2.45) is 0 Å². The zero-order chi connectivity index (χ0) is 14.1. The molecule has 0 aromatic carbocycles. The molecule has 0 N–H and O–H groups in total. The largest absolute Gasteiger partial charge is 0.465 e.